The molecule has 3 aliphatic heterocycles. The molecule has 0 radical (unpaired) electrons. The number of piperazine rings is 1. The maximum absolute atomic E-state index is 12.7. The molecule has 1 aromatic rings. The maximum Gasteiger partial charge on any atom is 0.321 e. The molecule has 3 unspecified atom stereocenters. The Bertz CT molecular complexity index is 718. The first-order chi connectivity index (χ1) is 12.5. The largest absolute Gasteiger partial charge is 0.374 e. The summed E-state index contributed by atoms with van der Waals surface area (Å²) in [6.07, 6.45) is 3.34. The number of hydrogen-bond acceptors (Lipinski definition) is 3. The number of halogens is 1. The van der Waals surface area contributed by atoms with Gasteiger partial charge in [0.25, 0.3) is 0 Å². The Morgan fingerprint density at radius 3 is 2.50 bits per heavy atom. The van der Waals surface area contributed by atoms with Crippen LogP contribution in [-0.4, -0.2) is 60.1 Å². The molecule has 3 atom stereocenters. The van der Waals surface area contributed by atoms with E-state index in [-0.39, 0.29) is 30.1 Å². The lowest BCUT2D eigenvalue weighted by Gasteiger charge is -2.36. The number of aryl methyl sites for hydroxylation is 1. The minimum Gasteiger partial charge on any atom is -0.374 e. The minimum absolute atomic E-state index is 0.0174. The van der Waals surface area contributed by atoms with Gasteiger partial charge in [0.15, 0.2) is 0 Å². The van der Waals surface area contributed by atoms with Gasteiger partial charge in [0, 0.05) is 36.9 Å². The summed E-state index contributed by atoms with van der Waals surface area (Å²) in [5.41, 5.74) is 1.66. The molecular weight excluding hydrogens is 354 g/mol. The van der Waals surface area contributed by atoms with Gasteiger partial charge in [0.05, 0.1) is 18.1 Å². The highest BCUT2D eigenvalue weighted by molar-refractivity contribution is 6.31. The van der Waals surface area contributed by atoms with Crippen LogP contribution in [0.4, 0.5) is 10.5 Å². The zero-order valence-electron chi connectivity index (χ0n) is 14.9. The first kappa shape index (κ1) is 17.6. The summed E-state index contributed by atoms with van der Waals surface area (Å²) in [5, 5.41) is 3.51. The molecule has 4 rings (SSSR count). The van der Waals surface area contributed by atoms with Gasteiger partial charge >= 0.3 is 6.03 Å². The average Bonchev–Trinajstić information content (AvgIpc) is 3.28. The predicted molar refractivity (Wildman–Crippen MR) is 99.4 cm³/mol. The third-order valence-electron chi connectivity index (χ3n) is 5.72. The highest BCUT2D eigenvalue weighted by atomic mass is 35.5. The van der Waals surface area contributed by atoms with Crippen LogP contribution in [0.15, 0.2) is 18.2 Å². The highest BCUT2D eigenvalue weighted by Gasteiger charge is 2.46. The SMILES string of the molecule is Cc1ccc(NC(=O)N2CCN(C(=O)C3CC4CCC3O4)CC2)cc1Cl. The molecule has 1 N–H and O–H groups in total. The molecule has 2 bridgehead atoms. The summed E-state index contributed by atoms with van der Waals surface area (Å²) in [6, 6.07) is 5.32. The quantitative estimate of drug-likeness (QED) is 0.862. The van der Waals surface area contributed by atoms with Crippen LogP contribution in [0.3, 0.4) is 0 Å². The van der Waals surface area contributed by atoms with Gasteiger partial charge in [0.1, 0.15) is 0 Å². The Morgan fingerprint density at radius 2 is 1.88 bits per heavy atom. The van der Waals surface area contributed by atoms with Crippen molar-refractivity contribution in [2.75, 3.05) is 31.5 Å². The topological polar surface area (TPSA) is 61.9 Å². The second kappa shape index (κ2) is 7.08. The second-order valence-electron chi connectivity index (χ2n) is 7.42. The van der Waals surface area contributed by atoms with Gasteiger partial charge in [-0.2, -0.15) is 0 Å². The van der Waals surface area contributed by atoms with Crippen molar-refractivity contribution in [3.63, 3.8) is 0 Å². The summed E-state index contributed by atoms with van der Waals surface area (Å²) in [4.78, 5) is 28.8. The molecule has 3 heterocycles. The monoisotopic (exact) mass is 377 g/mol. The van der Waals surface area contributed by atoms with Crippen LogP contribution >= 0.6 is 11.6 Å². The average molecular weight is 378 g/mol. The van der Waals surface area contributed by atoms with Crippen molar-refractivity contribution in [3.8, 4) is 0 Å². The lowest BCUT2D eigenvalue weighted by Crippen LogP contribution is -2.53. The van der Waals surface area contributed by atoms with Crippen molar-refractivity contribution in [1.29, 1.82) is 0 Å². The summed E-state index contributed by atoms with van der Waals surface area (Å²) >= 11 is 6.11. The van der Waals surface area contributed by atoms with Crippen molar-refractivity contribution in [3.05, 3.63) is 28.8 Å². The van der Waals surface area contributed by atoms with E-state index in [9.17, 15) is 9.59 Å². The van der Waals surface area contributed by atoms with Crippen LogP contribution in [0.5, 0.6) is 0 Å². The van der Waals surface area contributed by atoms with E-state index in [1.807, 2.05) is 24.0 Å². The Kier molecular flexibility index (Phi) is 4.80. The number of urea groups is 1. The number of benzene rings is 1. The van der Waals surface area contributed by atoms with Crippen molar-refractivity contribution in [1.82, 2.24) is 9.80 Å². The standard InChI is InChI=1S/C19H24ClN3O3/c1-12-2-3-13(10-16(12)20)21-19(25)23-8-6-22(7-9-23)18(24)15-11-14-4-5-17(15)26-14/h2-3,10,14-15,17H,4-9,11H2,1H3,(H,21,25). The Hall–Kier alpha value is -1.79. The third-order valence-corrected chi connectivity index (χ3v) is 6.13. The van der Waals surface area contributed by atoms with Crippen LogP contribution < -0.4 is 5.32 Å². The second-order valence-corrected chi connectivity index (χ2v) is 7.83. The van der Waals surface area contributed by atoms with E-state index in [0.29, 0.717) is 36.9 Å². The molecule has 3 fully saturated rings. The first-order valence-corrected chi connectivity index (χ1v) is 9.65. The number of carbonyl (C=O) groups excluding carboxylic acids is 2. The number of rotatable bonds is 2. The molecule has 6 nitrogen and oxygen atoms in total. The maximum atomic E-state index is 12.7. The molecule has 1 aromatic carbocycles. The lowest BCUT2D eigenvalue weighted by atomic mass is 9.88. The van der Waals surface area contributed by atoms with Crippen molar-refractivity contribution in [2.24, 2.45) is 5.92 Å². The normalized spacial score (nSPS) is 27.7. The number of fused-ring (bicyclic) bond motifs is 2. The summed E-state index contributed by atoms with van der Waals surface area (Å²) < 4.78 is 5.81. The first-order valence-electron chi connectivity index (χ1n) is 9.27. The zero-order chi connectivity index (χ0) is 18.3. The van der Waals surface area contributed by atoms with Crippen molar-refractivity contribution >= 4 is 29.2 Å². The number of nitrogens with zero attached hydrogens (tertiary/aromatic N) is 2. The van der Waals surface area contributed by atoms with Gasteiger partial charge in [-0.25, -0.2) is 4.79 Å². The summed E-state index contributed by atoms with van der Waals surface area (Å²) in [7, 11) is 0. The van der Waals surface area contributed by atoms with Gasteiger partial charge in [0.2, 0.25) is 5.91 Å². The number of nitrogens with one attached hydrogen (secondary N) is 1. The fourth-order valence-corrected chi connectivity index (χ4v) is 4.32. The van der Waals surface area contributed by atoms with Crippen LogP contribution in [0, 0.1) is 12.8 Å². The molecule has 3 aliphatic rings. The number of amides is 3. The summed E-state index contributed by atoms with van der Waals surface area (Å²) in [5.74, 6) is 0.214. The van der Waals surface area contributed by atoms with Gasteiger partial charge < -0.3 is 19.9 Å². The molecule has 0 spiro atoms. The van der Waals surface area contributed by atoms with Crippen LogP contribution in [-0.2, 0) is 9.53 Å². The van der Waals surface area contributed by atoms with E-state index >= 15 is 0 Å². The number of anilines is 1. The Balaban J connectivity index is 1.29. The van der Waals surface area contributed by atoms with E-state index in [1.165, 1.54) is 0 Å². The van der Waals surface area contributed by atoms with Gasteiger partial charge in [-0.15, -0.1) is 0 Å². The fourth-order valence-electron chi connectivity index (χ4n) is 4.14. The predicted octanol–water partition coefficient (Wildman–Crippen LogP) is 2.89. The molecule has 3 amide bonds. The van der Waals surface area contributed by atoms with Crippen molar-refractivity contribution < 1.29 is 14.3 Å². The molecular formula is C19H24ClN3O3. The van der Waals surface area contributed by atoms with Gasteiger partial charge in [-0.3, -0.25) is 4.79 Å². The van der Waals surface area contributed by atoms with E-state index in [0.717, 1.165) is 24.8 Å². The van der Waals surface area contributed by atoms with Crippen LogP contribution in [0.25, 0.3) is 0 Å². The molecule has 0 saturated carbocycles. The fraction of sp³-hybridized carbons (Fsp3) is 0.579. The van der Waals surface area contributed by atoms with Crippen molar-refractivity contribution in [2.45, 2.75) is 38.4 Å². The smallest absolute Gasteiger partial charge is 0.321 e. The Morgan fingerprint density at radius 1 is 1.15 bits per heavy atom. The third kappa shape index (κ3) is 3.40. The van der Waals surface area contributed by atoms with E-state index in [2.05, 4.69) is 5.32 Å². The van der Waals surface area contributed by atoms with Gasteiger partial charge in [-0.1, -0.05) is 17.7 Å². The zero-order valence-corrected chi connectivity index (χ0v) is 15.7. The molecule has 26 heavy (non-hydrogen) atoms. The molecule has 0 aliphatic carbocycles. The minimum atomic E-state index is -0.153. The van der Waals surface area contributed by atoms with Crippen LogP contribution in [0.1, 0.15) is 24.8 Å². The lowest BCUT2D eigenvalue weighted by molar-refractivity contribution is -0.138. The number of carbonyl (C=O) groups is 2. The van der Waals surface area contributed by atoms with E-state index in [1.54, 1.807) is 11.0 Å². The Labute approximate surface area is 158 Å². The summed E-state index contributed by atoms with van der Waals surface area (Å²) in [6.45, 7) is 4.16. The number of ether oxygens (including phenoxy) is 1. The molecule has 7 heteroatoms. The number of hydrogen-bond donors (Lipinski definition) is 1. The molecule has 0 aromatic heterocycles. The van der Waals surface area contributed by atoms with E-state index < -0.39 is 0 Å². The van der Waals surface area contributed by atoms with Gasteiger partial charge in [-0.05, 0) is 43.9 Å². The molecule has 140 valence electrons. The van der Waals surface area contributed by atoms with Crippen LogP contribution in [0.2, 0.25) is 5.02 Å². The van der Waals surface area contributed by atoms with E-state index in [4.69, 9.17) is 16.3 Å². The highest BCUT2D eigenvalue weighted by Crippen LogP contribution is 2.39. The molecule has 3 saturated heterocycles.